The molecule has 168 valence electrons. The van der Waals surface area contributed by atoms with Crippen molar-refractivity contribution in [2.24, 2.45) is 5.92 Å². The van der Waals surface area contributed by atoms with Gasteiger partial charge in [0.05, 0.1) is 12.0 Å². The summed E-state index contributed by atoms with van der Waals surface area (Å²) in [6, 6.07) is 0.753. The van der Waals surface area contributed by atoms with Gasteiger partial charge in [-0.3, -0.25) is 4.79 Å². The monoisotopic (exact) mass is 422 g/mol. The fraction of sp³-hybridized carbons (Fsp3) is 0.900. The Kier molecular flexibility index (Phi) is 8.34. The molecule has 0 aromatic carbocycles. The molecule has 0 aromatic rings. The minimum atomic E-state index is -5.08. The third-order valence-electron chi connectivity index (χ3n) is 6.68. The minimum Gasteiger partial charge on any atom is -0.475 e. The molecule has 0 radical (unpaired) electrons. The van der Waals surface area contributed by atoms with Crippen molar-refractivity contribution >= 4 is 11.9 Å². The second kappa shape index (κ2) is 10.1. The van der Waals surface area contributed by atoms with E-state index < -0.39 is 12.1 Å². The Labute approximate surface area is 170 Å². The smallest absolute Gasteiger partial charge is 0.475 e. The number of nitrogens with zero attached hydrogens (tertiary/aromatic N) is 2. The molecule has 1 aliphatic carbocycles. The number of alkyl halides is 3. The lowest BCUT2D eigenvalue weighted by atomic mass is 9.77. The van der Waals surface area contributed by atoms with E-state index in [1.165, 1.54) is 45.1 Å². The van der Waals surface area contributed by atoms with E-state index in [4.69, 9.17) is 14.6 Å². The Balaban J connectivity index is 0.000000370. The molecule has 6 nitrogen and oxygen atoms in total. The number of halogens is 3. The number of amides is 1. The van der Waals surface area contributed by atoms with Crippen LogP contribution in [0.15, 0.2) is 0 Å². The Hall–Kier alpha value is -1.35. The van der Waals surface area contributed by atoms with Gasteiger partial charge >= 0.3 is 12.1 Å². The van der Waals surface area contributed by atoms with E-state index in [1.807, 2.05) is 0 Å². The lowest BCUT2D eigenvalue weighted by Gasteiger charge is -2.44. The van der Waals surface area contributed by atoms with Crippen LogP contribution in [-0.2, 0) is 14.3 Å². The van der Waals surface area contributed by atoms with Gasteiger partial charge < -0.3 is 19.6 Å². The summed E-state index contributed by atoms with van der Waals surface area (Å²) in [6.45, 7) is 3.15. The number of methoxy groups -OCH3 is 1. The number of hydrogen-bond acceptors (Lipinski definition) is 4. The number of rotatable bonds is 4. The molecule has 0 bridgehead atoms. The molecular formula is C20H33F3N2O4. The van der Waals surface area contributed by atoms with E-state index in [9.17, 15) is 18.0 Å². The van der Waals surface area contributed by atoms with Crippen molar-refractivity contribution in [2.75, 3.05) is 33.8 Å². The predicted molar refractivity (Wildman–Crippen MR) is 101 cm³/mol. The molecule has 2 heterocycles. The molecule has 3 aliphatic rings. The van der Waals surface area contributed by atoms with Gasteiger partial charge in [0.1, 0.15) is 0 Å². The van der Waals surface area contributed by atoms with Crippen LogP contribution in [0, 0.1) is 5.92 Å². The molecule has 1 atom stereocenters. The summed E-state index contributed by atoms with van der Waals surface area (Å²) in [5, 5.41) is 7.12. The van der Waals surface area contributed by atoms with Gasteiger partial charge in [0, 0.05) is 26.2 Å². The summed E-state index contributed by atoms with van der Waals surface area (Å²) < 4.78 is 37.3. The third kappa shape index (κ3) is 6.57. The molecule has 3 rings (SSSR count). The summed E-state index contributed by atoms with van der Waals surface area (Å²) in [5.74, 6) is -1.65. The summed E-state index contributed by atoms with van der Waals surface area (Å²) >= 11 is 0. The van der Waals surface area contributed by atoms with Gasteiger partial charge in [-0.1, -0.05) is 6.42 Å². The summed E-state index contributed by atoms with van der Waals surface area (Å²) in [7, 11) is 4.04. The first-order valence-electron chi connectivity index (χ1n) is 10.4. The van der Waals surface area contributed by atoms with Crippen molar-refractivity contribution in [2.45, 2.75) is 75.6 Å². The average Bonchev–Trinajstić information content (AvgIpc) is 2.65. The van der Waals surface area contributed by atoms with Gasteiger partial charge in [-0.05, 0) is 64.5 Å². The second-order valence-corrected chi connectivity index (χ2v) is 8.48. The molecule has 2 saturated heterocycles. The summed E-state index contributed by atoms with van der Waals surface area (Å²) in [5.41, 5.74) is -0.127. The highest BCUT2D eigenvalue weighted by Gasteiger charge is 2.41. The van der Waals surface area contributed by atoms with Crippen LogP contribution in [0.3, 0.4) is 0 Å². The van der Waals surface area contributed by atoms with E-state index >= 15 is 0 Å². The highest BCUT2D eigenvalue weighted by Crippen LogP contribution is 2.39. The number of likely N-dealkylation sites (tertiary alicyclic amines) is 2. The molecule has 29 heavy (non-hydrogen) atoms. The van der Waals surface area contributed by atoms with Crippen LogP contribution < -0.4 is 0 Å². The van der Waals surface area contributed by atoms with Crippen LogP contribution in [0.4, 0.5) is 13.2 Å². The van der Waals surface area contributed by atoms with Gasteiger partial charge in [-0.2, -0.15) is 13.2 Å². The van der Waals surface area contributed by atoms with E-state index in [1.54, 1.807) is 7.11 Å². The molecule has 1 amide bonds. The number of carbonyl (C=O) groups is 2. The van der Waals surface area contributed by atoms with Crippen molar-refractivity contribution in [3.05, 3.63) is 0 Å². The van der Waals surface area contributed by atoms with Crippen molar-refractivity contribution in [3.8, 4) is 0 Å². The van der Waals surface area contributed by atoms with Crippen molar-refractivity contribution in [1.82, 2.24) is 9.80 Å². The van der Waals surface area contributed by atoms with Crippen LogP contribution in [0.25, 0.3) is 0 Å². The first-order chi connectivity index (χ1) is 13.6. The first-order valence-corrected chi connectivity index (χ1v) is 10.4. The zero-order valence-corrected chi connectivity index (χ0v) is 17.3. The molecule has 1 N–H and O–H groups in total. The molecule has 1 unspecified atom stereocenters. The largest absolute Gasteiger partial charge is 0.490 e. The fourth-order valence-corrected chi connectivity index (χ4v) is 4.64. The summed E-state index contributed by atoms with van der Waals surface area (Å²) in [6.07, 6.45) is 5.27. The highest BCUT2D eigenvalue weighted by molar-refractivity contribution is 5.77. The number of ether oxygens (including phenoxy) is 1. The number of hydrogen-bond donors (Lipinski definition) is 1. The third-order valence-corrected chi connectivity index (χ3v) is 6.68. The van der Waals surface area contributed by atoms with Crippen LogP contribution in [-0.4, -0.2) is 78.4 Å². The van der Waals surface area contributed by atoms with E-state index in [2.05, 4.69) is 16.8 Å². The number of carbonyl (C=O) groups excluding carboxylic acids is 1. The number of aliphatic carboxylic acids is 1. The lowest BCUT2D eigenvalue weighted by Crippen LogP contribution is -2.49. The van der Waals surface area contributed by atoms with Crippen LogP contribution >= 0.6 is 0 Å². The Morgan fingerprint density at radius 2 is 1.66 bits per heavy atom. The SMILES string of the molecule is COC1(CC(=O)N2CCC(C3CCCCN3C)CC2)CCC1.O=C(O)C(F)(F)F. The second-order valence-electron chi connectivity index (χ2n) is 8.48. The fourth-order valence-electron chi connectivity index (χ4n) is 4.64. The molecule has 1 saturated carbocycles. The van der Waals surface area contributed by atoms with Gasteiger partial charge in [0.25, 0.3) is 0 Å². The maximum atomic E-state index is 12.5. The highest BCUT2D eigenvalue weighted by atomic mass is 19.4. The Morgan fingerprint density at radius 3 is 2.07 bits per heavy atom. The Morgan fingerprint density at radius 1 is 1.07 bits per heavy atom. The molecule has 3 fully saturated rings. The first kappa shape index (κ1) is 23.9. The minimum absolute atomic E-state index is 0.127. The molecule has 0 aromatic heterocycles. The van der Waals surface area contributed by atoms with E-state index in [0.717, 1.165) is 37.9 Å². The van der Waals surface area contributed by atoms with Gasteiger partial charge in [0.2, 0.25) is 5.91 Å². The predicted octanol–water partition coefficient (Wildman–Crippen LogP) is 3.30. The van der Waals surface area contributed by atoms with Crippen LogP contribution in [0.2, 0.25) is 0 Å². The van der Waals surface area contributed by atoms with E-state index in [0.29, 0.717) is 12.3 Å². The van der Waals surface area contributed by atoms with Crippen LogP contribution in [0.5, 0.6) is 0 Å². The maximum Gasteiger partial charge on any atom is 0.490 e. The molecular weight excluding hydrogens is 389 g/mol. The topological polar surface area (TPSA) is 70.1 Å². The van der Waals surface area contributed by atoms with Gasteiger partial charge in [0.15, 0.2) is 0 Å². The number of carboxylic acids is 1. The lowest BCUT2D eigenvalue weighted by molar-refractivity contribution is -0.192. The average molecular weight is 422 g/mol. The number of carboxylic acid groups (broad SMARTS) is 1. The molecule has 2 aliphatic heterocycles. The Bertz CT molecular complexity index is 553. The quantitative estimate of drug-likeness (QED) is 0.753. The van der Waals surface area contributed by atoms with Gasteiger partial charge in [-0.15, -0.1) is 0 Å². The number of piperidine rings is 2. The van der Waals surface area contributed by atoms with Gasteiger partial charge in [-0.25, -0.2) is 4.79 Å². The standard InChI is InChI=1S/C18H32N2O2.C2HF3O2/c1-19-11-4-3-6-16(19)15-7-12-20(13-8-15)17(21)14-18(22-2)9-5-10-18;3-2(4,5)1(6)7/h15-16H,3-14H2,1-2H3;(H,6,7). The van der Waals surface area contributed by atoms with Crippen molar-refractivity contribution in [3.63, 3.8) is 0 Å². The van der Waals surface area contributed by atoms with Crippen molar-refractivity contribution < 1.29 is 32.6 Å². The van der Waals surface area contributed by atoms with E-state index in [-0.39, 0.29) is 5.60 Å². The zero-order valence-electron chi connectivity index (χ0n) is 17.3. The maximum absolute atomic E-state index is 12.5. The van der Waals surface area contributed by atoms with Crippen molar-refractivity contribution in [1.29, 1.82) is 0 Å². The normalized spacial score (nSPS) is 25.6. The zero-order chi connectivity index (χ0) is 21.7. The van der Waals surface area contributed by atoms with Crippen LogP contribution in [0.1, 0.15) is 57.8 Å². The molecule has 0 spiro atoms. The molecule has 9 heteroatoms. The summed E-state index contributed by atoms with van der Waals surface area (Å²) in [4.78, 5) is 26.1.